The highest BCUT2D eigenvalue weighted by Crippen LogP contribution is 2.39. The number of anilines is 2. The van der Waals surface area contributed by atoms with E-state index in [2.05, 4.69) is 10.6 Å². The predicted molar refractivity (Wildman–Crippen MR) is 128 cm³/mol. The van der Waals surface area contributed by atoms with Gasteiger partial charge in [-0.1, -0.05) is 0 Å². The first kappa shape index (κ1) is 24.5. The zero-order chi connectivity index (χ0) is 24.5. The number of nitrogens with one attached hydrogen (secondary N) is 2. The molecule has 0 bridgehead atoms. The maximum atomic E-state index is 13.2. The highest BCUT2D eigenvalue weighted by molar-refractivity contribution is 6.07. The van der Waals surface area contributed by atoms with Crippen molar-refractivity contribution in [1.82, 2.24) is 0 Å². The highest BCUT2D eigenvalue weighted by atomic mass is 16.5. The van der Waals surface area contributed by atoms with E-state index >= 15 is 0 Å². The zero-order valence-electron chi connectivity index (χ0n) is 19.6. The fourth-order valence-electron chi connectivity index (χ4n) is 3.20. The van der Waals surface area contributed by atoms with E-state index < -0.39 is 11.8 Å². The van der Waals surface area contributed by atoms with Crippen molar-refractivity contribution in [2.45, 2.75) is 20.8 Å². The molecule has 1 heterocycles. The van der Waals surface area contributed by atoms with Crippen LogP contribution < -0.4 is 29.6 Å². The third kappa shape index (κ3) is 5.80. The summed E-state index contributed by atoms with van der Waals surface area (Å²) in [5.74, 6) is 1.02. The Morgan fingerprint density at radius 1 is 0.824 bits per heavy atom. The van der Waals surface area contributed by atoms with Crippen LogP contribution >= 0.6 is 0 Å². The molecule has 0 spiro atoms. The lowest BCUT2D eigenvalue weighted by Crippen LogP contribution is -2.15. The summed E-state index contributed by atoms with van der Waals surface area (Å²) in [6.45, 7) is 6.74. The van der Waals surface area contributed by atoms with Gasteiger partial charge in [0.15, 0.2) is 17.3 Å². The molecule has 3 aromatic rings. The number of rotatable bonds is 11. The summed E-state index contributed by atoms with van der Waals surface area (Å²) in [6.07, 6.45) is 1.42. The van der Waals surface area contributed by atoms with Crippen molar-refractivity contribution < 1.29 is 33.0 Å². The number of carbonyl (C=O) groups excluding carboxylic acids is 2. The van der Waals surface area contributed by atoms with Crippen LogP contribution in [0.4, 0.5) is 11.4 Å². The van der Waals surface area contributed by atoms with Gasteiger partial charge in [0.2, 0.25) is 5.75 Å². The van der Waals surface area contributed by atoms with E-state index in [0.29, 0.717) is 59.8 Å². The quantitative estimate of drug-likeness (QED) is 0.408. The minimum absolute atomic E-state index is 0.169. The number of amides is 2. The number of hydrogen-bond acceptors (Lipinski definition) is 7. The molecule has 1 aromatic heterocycles. The number of ether oxygens (including phenoxy) is 4. The van der Waals surface area contributed by atoms with Gasteiger partial charge >= 0.3 is 0 Å². The summed E-state index contributed by atoms with van der Waals surface area (Å²) in [7, 11) is 1.49. The van der Waals surface area contributed by atoms with E-state index in [1.807, 2.05) is 20.8 Å². The molecule has 0 saturated carbocycles. The SMILES string of the molecule is CCOc1cc(C(=O)Nc2cc(NC(=O)c3ccco3)ccc2OC)cc(OCC)c1OCC. The molecule has 0 fully saturated rings. The average Bonchev–Trinajstić information content (AvgIpc) is 3.37. The second-order valence-corrected chi connectivity index (χ2v) is 6.90. The maximum Gasteiger partial charge on any atom is 0.291 e. The van der Waals surface area contributed by atoms with Gasteiger partial charge in [-0.25, -0.2) is 0 Å². The molecule has 3 rings (SSSR count). The first-order valence-corrected chi connectivity index (χ1v) is 10.9. The number of hydrogen-bond donors (Lipinski definition) is 2. The molecule has 9 heteroatoms. The van der Waals surface area contributed by atoms with Gasteiger partial charge in [0, 0.05) is 11.3 Å². The summed E-state index contributed by atoms with van der Waals surface area (Å²) >= 11 is 0. The minimum Gasteiger partial charge on any atom is -0.495 e. The predicted octanol–water partition coefficient (Wildman–Crippen LogP) is 4.99. The summed E-state index contributed by atoms with van der Waals surface area (Å²) in [4.78, 5) is 25.5. The monoisotopic (exact) mass is 468 g/mol. The Hall–Kier alpha value is -4.14. The molecule has 2 amide bonds. The summed E-state index contributed by atoms with van der Waals surface area (Å²) < 4.78 is 27.6. The van der Waals surface area contributed by atoms with Crippen LogP contribution in [0.2, 0.25) is 0 Å². The van der Waals surface area contributed by atoms with Gasteiger partial charge in [-0.3, -0.25) is 9.59 Å². The number of furan rings is 1. The smallest absolute Gasteiger partial charge is 0.291 e. The van der Waals surface area contributed by atoms with Crippen LogP contribution in [0, 0.1) is 0 Å². The topological polar surface area (TPSA) is 108 Å². The number of carbonyl (C=O) groups is 2. The summed E-state index contributed by atoms with van der Waals surface area (Å²) in [5, 5.41) is 5.55. The van der Waals surface area contributed by atoms with E-state index in [0.717, 1.165) is 0 Å². The number of methoxy groups -OCH3 is 1. The molecule has 0 radical (unpaired) electrons. The average molecular weight is 469 g/mol. The van der Waals surface area contributed by atoms with Crippen molar-refractivity contribution in [2.24, 2.45) is 0 Å². The first-order chi connectivity index (χ1) is 16.5. The lowest BCUT2D eigenvalue weighted by atomic mass is 10.1. The van der Waals surface area contributed by atoms with Crippen molar-refractivity contribution in [3.8, 4) is 23.0 Å². The van der Waals surface area contributed by atoms with Gasteiger partial charge < -0.3 is 34.0 Å². The Bertz CT molecular complexity index is 1100. The Kier molecular flexibility index (Phi) is 8.39. The standard InChI is InChI=1S/C25H28N2O7/c1-5-31-21-13-16(14-22(32-6-2)23(21)33-7-3)24(28)27-18-15-17(10-11-19(18)30-4)26-25(29)20-9-8-12-34-20/h8-15H,5-7H2,1-4H3,(H,26,29)(H,27,28). The second-order valence-electron chi connectivity index (χ2n) is 6.90. The third-order valence-corrected chi connectivity index (χ3v) is 4.62. The van der Waals surface area contributed by atoms with Crippen LogP contribution in [0.15, 0.2) is 53.1 Å². The molecule has 0 saturated heterocycles. The van der Waals surface area contributed by atoms with Crippen LogP contribution in [-0.4, -0.2) is 38.7 Å². The molecule has 34 heavy (non-hydrogen) atoms. The van der Waals surface area contributed by atoms with E-state index in [1.54, 1.807) is 42.5 Å². The van der Waals surface area contributed by atoms with Crippen molar-refractivity contribution >= 4 is 23.2 Å². The fraction of sp³-hybridized carbons (Fsp3) is 0.280. The van der Waals surface area contributed by atoms with Crippen molar-refractivity contribution in [2.75, 3.05) is 37.6 Å². The molecule has 0 aliphatic rings. The van der Waals surface area contributed by atoms with Crippen LogP contribution in [0.3, 0.4) is 0 Å². The summed E-state index contributed by atoms with van der Waals surface area (Å²) in [6, 6.07) is 11.3. The molecule has 0 atom stereocenters. The van der Waals surface area contributed by atoms with E-state index in [4.69, 9.17) is 23.4 Å². The maximum absolute atomic E-state index is 13.2. The minimum atomic E-state index is -0.419. The molecule has 180 valence electrons. The second kappa shape index (κ2) is 11.6. The molecule has 2 N–H and O–H groups in total. The van der Waals surface area contributed by atoms with Gasteiger partial charge in [0.05, 0.1) is 38.9 Å². The first-order valence-electron chi connectivity index (χ1n) is 10.9. The van der Waals surface area contributed by atoms with Gasteiger partial charge in [-0.15, -0.1) is 0 Å². The van der Waals surface area contributed by atoms with Crippen LogP contribution in [0.25, 0.3) is 0 Å². The Morgan fingerprint density at radius 2 is 1.50 bits per heavy atom. The Balaban J connectivity index is 1.89. The normalized spacial score (nSPS) is 10.4. The van der Waals surface area contributed by atoms with Gasteiger partial charge in [-0.05, 0) is 63.2 Å². The lowest BCUT2D eigenvalue weighted by Gasteiger charge is -2.17. The van der Waals surface area contributed by atoms with E-state index in [9.17, 15) is 9.59 Å². The molecular weight excluding hydrogens is 440 g/mol. The molecule has 0 unspecified atom stereocenters. The van der Waals surface area contributed by atoms with E-state index in [-0.39, 0.29) is 5.76 Å². The largest absolute Gasteiger partial charge is 0.495 e. The molecule has 2 aromatic carbocycles. The fourth-order valence-corrected chi connectivity index (χ4v) is 3.20. The van der Waals surface area contributed by atoms with Crippen LogP contribution in [0.1, 0.15) is 41.7 Å². The molecule has 9 nitrogen and oxygen atoms in total. The molecule has 0 aliphatic heterocycles. The van der Waals surface area contributed by atoms with E-state index in [1.165, 1.54) is 13.4 Å². The van der Waals surface area contributed by atoms with Gasteiger partial charge in [0.25, 0.3) is 11.8 Å². The van der Waals surface area contributed by atoms with Crippen molar-refractivity contribution in [3.05, 3.63) is 60.1 Å². The number of benzene rings is 2. The van der Waals surface area contributed by atoms with Crippen LogP contribution in [0.5, 0.6) is 23.0 Å². The van der Waals surface area contributed by atoms with Gasteiger partial charge in [0.1, 0.15) is 5.75 Å². The van der Waals surface area contributed by atoms with Crippen molar-refractivity contribution in [1.29, 1.82) is 0 Å². The molecular formula is C25H28N2O7. The zero-order valence-corrected chi connectivity index (χ0v) is 19.6. The Labute approximate surface area is 198 Å². The van der Waals surface area contributed by atoms with Crippen molar-refractivity contribution in [3.63, 3.8) is 0 Å². The highest BCUT2D eigenvalue weighted by Gasteiger charge is 2.20. The Morgan fingerprint density at radius 3 is 2.06 bits per heavy atom. The lowest BCUT2D eigenvalue weighted by molar-refractivity contribution is 0.0995. The van der Waals surface area contributed by atoms with Gasteiger partial charge in [-0.2, -0.15) is 0 Å². The van der Waals surface area contributed by atoms with Crippen LogP contribution in [-0.2, 0) is 0 Å². The molecule has 0 aliphatic carbocycles. The third-order valence-electron chi connectivity index (χ3n) is 4.62. The summed E-state index contributed by atoms with van der Waals surface area (Å²) in [5.41, 5.74) is 1.13.